The summed E-state index contributed by atoms with van der Waals surface area (Å²) in [4.78, 5) is 0. The fourth-order valence-electron chi connectivity index (χ4n) is 5.34. The maximum atomic E-state index is 5.61. The summed E-state index contributed by atoms with van der Waals surface area (Å²) in [6, 6.07) is 14.2. The molecule has 0 aromatic heterocycles. The van der Waals surface area contributed by atoms with E-state index in [1.165, 1.54) is 60.8 Å². The molecule has 1 aliphatic carbocycles. The van der Waals surface area contributed by atoms with E-state index >= 15 is 0 Å². The minimum atomic E-state index is 0.118. The monoisotopic (exact) mass is 446 g/mol. The van der Waals surface area contributed by atoms with Crippen LogP contribution in [0.3, 0.4) is 0 Å². The van der Waals surface area contributed by atoms with Gasteiger partial charge >= 0.3 is 0 Å². The number of fused-ring (bicyclic) bond motifs is 3. The van der Waals surface area contributed by atoms with Gasteiger partial charge in [-0.2, -0.15) is 0 Å². The van der Waals surface area contributed by atoms with Crippen molar-refractivity contribution < 1.29 is 9.47 Å². The van der Waals surface area contributed by atoms with Gasteiger partial charge in [-0.05, 0) is 61.8 Å². The van der Waals surface area contributed by atoms with Gasteiger partial charge in [-0.25, -0.2) is 0 Å². The molecule has 0 unspecified atom stereocenters. The SMILES string of the molecule is C=CCOCCCCCC1(CCCCCOCC=C)c2cc(C)ccc2-c2ccc(C)cc21. The van der Waals surface area contributed by atoms with E-state index in [-0.39, 0.29) is 5.41 Å². The first-order chi connectivity index (χ1) is 16.1. The highest BCUT2D eigenvalue weighted by atomic mass is 16.5. The summed E-state index contributed by atoms with van der Waals surface area (Å²) >= 11 is 0. The van der Waals surface area contributed by atoms with Crippen molar-refractivity contribution in [3.05, 3.63) is 84.0 Å². The van der Waals surface area contributed by atoms with Crippen LogP contribution in [0.2, 0.25) is 0 Å². The van der Waals surface area contributed by atoms with Gasteiger partial charge < -0.3 is 9.47 Å². The Kier molecular flexibility index (Phi) is 9.96. The Bertz CT molecular complexity index is 836. The molecule has 0 bridgehead atoms. The first-order valence-electron chi connectivity index (χ1n) is 12.7. The van der Waals surface area contributed by atoms with Crippen LogP contribution < -0.4 is 0 Å². The van der Waals surface area contributed by atoms with Gasteiger partial charge in [-0.15, -0.1) is 13.2 Å². The van der Waals surface area contributed by atoms with Crippen molar-refractivity contribution in [2.24, 2.45) is 0 Å². The number of rotatable bonds is 16. The lowest BCUT2D eigenvalue weighted by atomic mass is 9.70. The molecule has 0 heterocycles. The minimum absolute atomic E-state index is 0.118. The van der Waals surface area contributed by atoms with Crippen molar-refractivity contribution in [1.82, 2.24) is 0 Å². The molecule has 2 aromatic carbocycles. The van der Waals surface area contributed by atoms with Crippen molar-refractivity contribution in [2.75, 3.05) is 26.4 Å². The lowest BCUT2D eigenvalue weighted by molar-refractivity contribution is 0.155. The van der Waals surface area contributed by atoms with Crippen LogP contribution in [-0.4, -0.2) is 26.4 Å². The molecule has 0 saturated heterocycles. The van der Waals surface area contributed by atoms with Crippen LogP contribution in [0.1, 0.15) is 73.6 Å². The zero-order chi connectivity index (χ0) is 23.5. The van der Waals surface area contributed by atoms with Gasteiger partial charge in [-0.1, -0.05) is 85.4 Å². The van der Waals surface area contributed by atoms with Gasteiger partial charge in [0.15, 0.2) is 0 Å². The summed E-state index contributed by atoms with van der Waals surface area (Å²) in [5.74, 6) is 0. The predicted molar refractivity (Wildman–Crippen MR) is 141 cm³/mol. The zero-order valence-corrected chi connectivity index (χ0v) is 20.8. The molecule has 0 amide bonds. The molecule has 2 nitrogen and oxygen atoms in total. The Balaban J connectivity index is 1.78. The van der Waals surface area contributed by atoms with Gasteiger partial charge in [0.25, 0.3) is 0 Å². The Hall–Kier alpha value is -2.16. The third kappa shape index (κ3) is 6.46. The van der Waals surface area contributed by atoms with Crippen molar-refractivity contribution in [1.29, 1.82) is 0 Å². The van der Waals surface area contributed by atoms with E-state index in [4.69, 9.17) is 9.47 Å². The van der Waals surface area contributed by atoms with Crippen LogP contribution in [0.5, 0.6) is 0 Å². The average molecular weight is 447 g/mol. The van der Waals surface area contributed by atoms with Crippen molar-refractivity contribution in [2.45, 2.75) is 70.6 Å². The molecule has 0 atom stereocenters. The molecule has 0 spiro atoms. The van der Waals surface area contributed by atoms with Crippen molar-refractivity contribution in [3.63, 3.8) is 0 Å². The lowest BCUT2D eigenvalue weighted by Crippen LogP contribution is -2.26. The van der Waals surface area contributed by atoms with E-state index in [9.17, 15) is 0 Å². The summed E-state index contributed by atoms with van der Waals surface area (Å²) in [5, 5.41) is 0. The highest BCUT2D eigenvalue weighted by Gasteiger charge is 2.42. The van der Waals surface area contributed by atoms with E-state index in [1.807, 2.05) is 12.2 Å². The number of hydrogen-bond acceptors (Lipinski definition) is 2. The van der Waals surface area contributed by atoms with Crippen LogP contribution in [-0.2, 0) is 14.9 Å². The molecule has 0 saturated carbocycles. The Morgan fingerprint density at radius 2 is 1.12 bits per heavy atom. The Labute approximate surface area is 201 Å². The van der Waals surface area contributed by atoms with Crippen LogP contribution >= 0.6 is 0 Å². The molecule has 178 valence electrons. The quantitative estimate of drug-likeness (QED) is 0.192. The van der Waals surface area contributed by atoms with E-state index < -0.39 is 0 Å². The second-order valence-electron chi connectivity index (χ2n) is 9.53. The van der Waals surface area contributed by atoms with Crippen molar-refractivity contribution >= 4 is 0 Å². The molecule has 0 radical (unpaired) electrons. The highest BCUT2D eigenvalue weighted by Crippen LogP contribution is 2.54. The molecule has 0 aliphatic heterocycles. The molecule has 1 aliphatic rings. The molecule has 33 heavy (non-hydrogen) atoms. The molecular weight excluding hydrogens is 404 g/mol. The van der Waals surface area contributed by atoms with Gasteiger partial charge in [0.05, 0.1) is 13.2 Å². The number of aryl methyl sites for hydroxylation is 2. The van der Waals surface area contributed by atoms with Gasteiger partial charge in [0.2, 0.25) is 0 Å². The number of benzene rings is 2. The van der Waals surface area contributed by atoms with Gasteiger partial charge in [0.1, 0.15) is 0 Å². The second kappa shape index (κ2) is 12.9. The molecule has 2 heteroatoms. The number of ether oxygens (including phenoxy) is 2. The largest absolute Gasteiger partial charge is 0.377 e. The fourth-order valence-corrected chi connectivity index (χ4v) is 5.34. The summed E-state index contributed by atoms with van der Waals surface area (Å²) in [5.41, 5.74) is 8.82. The van der Waals surface area contributed by atoms with Crippen LogP contribution in [0.15, 0.2) is 61.7 Å². The van der Waals surface area contributed by atoms with Crippen molar-refractivity contribution in [3.8, 4) is 11.1 Å². The number of hydrogen-bond donors (Lipinski definition) is 0. The normalized spacial score (nSPS) is 13.5. The predicted octanol–water partition coefficient (Wildman–Crippen LogP) is 8.10. The topological polar surface area (TPSA) is 18.5 Å². The summed E-state index contributed by atoms with van der Waals surface area (Å²) in [6.07, 6.45) is 13.2. The minimum Gasteiger partial charge on any atom is -0.377 e. The molecule has 3 rings (SSSR count). The molecular formula is C31H42O2. The van der Waals surface area contributed by atoms with E-state index in [0.29, 0.717) is 13.2 Å². The fraction of sp³-hybridized carbons (Fsp3) is 0.484. The standard InChI is InChI=1S/C31H42O2/c1-5-19-32-21-11-7-9-17-31(18-10-8-12-22-33-20-6-2)29-23-25(3)13-15-27(29)28-16-14-26(4)24-30(28)31/h5-6,13-16,23-24H,1-2,7-12,17-22H2,3-4H3. The second-order valence-corrected chi connectivity index (χ2v) is 9.53. The molecule has 0 N–H and O–H groups in total. The average Bonchev–Trinajstić information content (AvgIpc) is 3.06. The lowest BCUT2D eigenvalue weighted by Gasteiger charge is -2.33. The summed E-state index contributed by atoms with van der Waals surface area (Å²) in [7, 11) is 0. The third-order valence-corrected chi connectivity index (χ3v) is 6.93. The van der Waals surface area contributed by atoms with Gasteiger partial charge in [0, 0.05) is 18.6 Å². The zero-order valence-electron chi connectivity index (χ0n) is 20.8. The third-order valence-electron chi connectivity index (χ3n) is 6.93. The Morgan fingerprint density at radius 3 is 1.55 bits per heavy atom. The van der Waals surface area contributed by atoms with E-state index in [0.717, 1.165) is 26.1 Å². The van der Waals surface area contributed by atoms with Crippen LogP contribution in [0.4, 0.5) is 0 Å². The first-order valence-corrected chi connectivity index (χ1v) is 12.7. The maximum absolute atomic E-state index is 5.61. The summed E-state index contributed by atoms with van der Waals surface area (Å²) in [6.45, 7) is 14.9. The first kappa shape index (κ1) is 25.5. The maximum Gasteiger partial charge on any atom is 0.0644 e. The Morgan fingerprint density at radius 1 is 0.667 bits per heavy atom. The van der Waals surface area contributed by atoms with E-state index in [2.05, 4.69) is 63.4 Å². The smallest absolute Gasteiger partial charge is 0.0644 e. The number of unbranched alkanes of at least 4 members (excludes halogenated alkanes) is 4. The van der Waals surface area contributed by atoms with Crippen LogP contribution in [0.25, 0.3) is 11.1 Å². The molecule has 0 fully saturated rings. The van der Waals surface area contributed by atoms with Crippen LogP contribution in [0, 0.1) is 13.8 Å². The van der Waals surface area contributed by atoms with E-state index in [1.54, 1.807) is 11.1 Å². The van der Waals surface area contributed by atoms with Gasteiger partial charge in [-0.3, -0.25) is 0 Å². The summed E-state index contributed by atoms with van der Waals surface area (Å²) < 4.78 is 11.2. The highest BCUT2D eigenvalue weighted by molar-refractivity contribution is 5.81. The molecule has 2 aromatic rings.